The van der Waals surface area contributed by atoms with Gasteiger partial charge in [-0.3, -0.25) is 0 Å². The quantitative estimate of drug-likeness (QED) is 0.166. The number of phenols is 1. The van der Waals surface area contributed by atoms with Crippen LogP contribution in [-0.4, -0.2) is 39.7 Å². The first-order chi connectivity index (χ1) is 17.9. The number of nitrogens with two attached hydrogens (primary N) is 1. The van der Waals surface area contributed by atoms with Gasteiger partial charge < -0.3 is 25.8 Å². The average molecular weight is 532 g/mol. The Balaban J connectivity index is 2.67. The third kappa shape index (κ3) is 12.0. The van der Waals surface area contributed by atoms with Crippen LogP contribution in [0, 0.1) is 29.6 Å². The van der Waals surface area contributed by atoms with E-state index >= 15 is 0 Å². The standard InChI is InChI=1S/C32H53NO5/c1-8-9-13-23(4)31(38-32(33)37)26(7)30(36)25(6)19-21(2)18-24(5)29(35)22(3)14-10-11-15-27-16-12-17-28(34)20-27/h10,12,14,16-18,20,22-26,29-31,34-36H,8-9,11,13,15,19H2,1-7H3,(H2,33,37)/t22-,23-,24-,25-,26-,29-,30+,31-/m0/s1. The zero-order chi connectivity index (χ0) is 28.8. The van der Waals surface area contributed by atoms with Crippen LogP contribution >= 0.6 is 0 Å². The van der Waals surface area contributed by atoms with Crippen molar-refractivity contribution in [3.8, 4) is 5.75 Å². The molecule has 5 N–H and O–H groups in total. The summed E-state index contributed by atoms with van der Waals surface area (Å²) in [4.78, 5) is 11.5. The van der Waals surface area contributed by atoms with Crippen molar-refractivity contribution in [3.05, 3.63) is 53.6 Å². The number of hydrogen-bond acceptors (Lipinski definition) is 5. The molecular weight excluding hydrogens is 478 g/mol. The van der Waals surface area contributed by atoms with E-state index in [-0.39, 0.29) is 35.3 Å². The fourth-order valence-electron chi connectivity index (χ4n) is 5.39. The molecule has 0 saturated carbocycles. The summed E-state index contributed by atoms with van der Waals surface area (Å²) in [6, 6.07) is 7.29. The van der Waals surface area contributed by atoms with Crippen LogP contribution in [-0.2, 0) is 11.2 Å². The van der Waals surface area contributed by atoms with Gasteiger partial charge in [-0.15, -0.1) is 0 Å². The van der Waals surface area contributed by atoms with Gasteiger partial charge in [0.1, 0.15) is 11.9 Å². The number of aliphatic hydroxyl groups excluding tert-OH is 2. The molecular formula is C32H53NO5. The van der Waals surface area contributed by atoms with Crippen LogP contribution in [0.15, 0.2) is 48.1 Å². The first-order valence-electron chi connectivity index (χ1n) is 14.3. The van der Waals surface area contributed by atoms with Crippen LogP contribution in [0.1, 0.15) is 86.1 Å². The van der Waals surface area contributed by atoms with E-state index in [1.165, 1.54) is 0 Å². The molecule has 6 heteroatoms. The molecule has 0 aliphatic rings. The highest BCUT2D eigenvalue weighted by molar-refractivity contribution is 5.64. The van der Waals surface area contributed by atoms with Crippen LogP contribution in [0.3, 0.4) is 0 Å². The van der Waals surface area contributed by atoms with Gasteiger partial charge in [-0.2, -0.15) is 0 Å². The predicted octanol–water partition coefficient (Wildman–Crippen LogP) is 6.77. The highest BCUT2D eigenvalue weighted by Gasteiger charge is 2.34. The smallest absolute Gasteiger partial charge is 0.404 e. The molecule has 0 heterocycles. The van der Waals surface area contributed by atoms with E-state index in [9.17, 15) is 20.1 Å². The third-order valence-corrected chi connectivity index (χ3v) is 7.68. The first kappa shape index (κ1) is 33.7. The number of amides is 1. The van der Waals surface area contributed by atoms with Gasteiger partial charge in [0.2, 0.25) is 0 Å². The van der Waals surface area contributed by atoms with Gasteiger partial charge in [0.25, 0.3) is 0 Å². The molecule has 0 fully saturated rings. The van der Waals surface area contributed by atoms with Gasteiger partial charge in [-0.05, 0) is 62.1 Å². The number of unbranched alkanes of at least 4 members (excludes halogenated alkanes) is 1. The fraction of sp³-hybridized carbons (Fsp3) is 0.656. The maximum atomic E-state index is 11.5. The van der Waals surface area contributed by atoms with Crippen molar-refractivity contribution in [1.82, 2.24) is 0 Å². The van der Waals surface area contributed by atoms with Gasteiger partial charge in [0.05, 0.1) is 12.2 Å². The molecule has 1 aromatic carbocycles. The molecule has 0 radical (unpaired) electrons. The minimum atomic E-state index is -0.800. The summed E-state index contributed by atoms with van der Waals surface area (Å²) in [6.07, 6.45) is 9.21. The summed E-state index contributed by atoms with van der Waals surface area (Å²) in [5, 5.41) is 31.6. The number of hydrogen-bond donors (Lipinski definition) is 4. The zero-order valence-corrected chi connectivity index (χ0v) is 24.6. The number of benzene rings is 1. The van der Waals surface area contributed by atoms with E-state index in [0.29, 0.717) is 6.42 Å². The van der Waals surface area contributed by atoms with E-state index in [0.717, 1.165) is 43.2 Å². The number of primary amides is 1. The SMILES string of the molecule is CCCC[C@H](C)[C@H](OC(N)=O)[C@@H](C)[C@H](O)[C@@H](C)CC(C)=C[C@H](C)[C@@H](O)[C@@H](C)C=CCCc1cccc(O)c1. The van der Waals surface area contributed by atoms with Crippen molar-refractivity contribution in [3.63, 3.8) is 0 Å². The molecule has 1 aromatic rings. The molecule has 0 bridgehead atoms. The largest absolute Gasteiger partial charge is 0.508 e. The maximum Gasteiger partial charge on any atom is 0.404 e. The lowest BCUT2D eigenvalue weighted by atomic mass is 9.80. The van der Waals surface area contributed by atoms with E-state index < -0.39 is 24.4 Å². The number of allylic oxidation sites excluding steroid dienone is 2. The lowest BCUT2D eigenvalue weighted by molar-refractivity contribution is -0.0360. The Kier molecular flexibility index (Phi) is 15.4. The Morgan fingerprint density at radius 2 is 1.74 bits per heavy atom. The molecule has 0 saturated heterocycles. The summed E-state index contributed by atoms with van der Waals surface area (Å²) in [7, 11) is 0. The summed E-state index contributed by atoms with van der Waals surface area (Å²) < 4.78 is 5.45. The zero-order valence-electron chi connectivity index (χ0n) is 24.6. The van der Waals surface area contributed by atoms with Crippen molar-refractivity contribution in [1.29, 1.82) is 0 Å². The summed E-state index contributed by atoms with van der Waals surface area (Å²) in [6.45, 7) is 14.2. The Bertz CT molecular complexity index is 882. The lowest BCUT2D eigenvalue weighted by Gasteiger charge is -2.34. The van der Waals surface area contributed by atoms with Crippen molar-refractivity contribution < 1.29 is 24.9 Å². The number of aryl methyl sites for hydroxylation is 1. The topological polar surface area (TPSA) is 113 Å². The summed E-state index contributed by atoms with van der Waals surface area (Å²) >= 11 is 0. The molecule has 0 aliphatic heterocycles. The van der Waals surface area contributed by atoms with Gasteiger partial charge in [-0.1, -0.05) is 90.3 Å². The number of aliphatic hydroxyl groups is 2. The number of carbonyl (C=O) groups is 1. The third-order valence-electron chi connectivity index (χ3n) is 7.68. The number of ether oxygens (including phenoxy) is 1. The molecule has 1 rings (SSSR count). The Morgan fingerprint density at radius 3 is 2.34 bits per heavy atom. The van der Waals surface area contributed by atoms with Crippen molar-refractivity contribution in [2.75, 3.05) is 0 Å². The van der Waals surface area contributed by atoms with E-state index in [1.807, 2.05) is 53.7 Å². The van der Waals surface area contributed by atoms with Crippen LogP contribution in [0.4, 0.5) is 4.79 Å². The van der Waals surface area contributed by atoms with Gasteiger partial charge in [0, 0.05) is 17.8 Å². The molecule has 0 spiro atoms. The van der Waals surface area contributed by atoms with Crippen molar-refractivity contribution in [2.24, 2.45) is 35.3 Å². The lowest BCUT2D eigenvalue weighted by Crippen LogP contribution is -2.41. The fourth-order valence-corrected chi connectivity index (χ4v) is 5.39. The Labute approximate surface area is 231 Å². The second-order valence-electron chi connectivity index (χ2n) is 11.4. The van der Waals surface area contributed by atoms with Crippen molar-refractivity contribution >= 4 is 6.09 Å². The molecule has 0 unspecified atom stereocenters. The van der Waals surface area contributed by atoms with Crippen molar-refractivity contribution in [2.45, 2.75) is 105 Å². The molecule has 216 valence electrons. The second-order valence-corrected chi connectivity index (χ2v) is 11.4. The summed E-state index contributed by atoms with van der Waals surface area (Å²) in [5.41, 5.74) is 7.54. The number of phenolic OH excluding ortho intramolecular Hbond substituents is 1. The number of carbonyl (C=O) groups excluding carboxylic acids is 1. The second kappa shape index (κ2) is 17.3. The molecule has 0 aliphatic carbocycles. The van der Waals surface area contributed by atoms with E-state index in [2.05, 4.69) is 25.2 Å². The molecule has 38 heavy (non-hydrogen) atoms. The van der Waals surface area contributed by atoms with Crippen LogP contribution in [0.5, 0.6) is 5.75 Å². The minimum Gasteiger partial charge on any atom is -0.508 e. The van der Waals surface area contributed by atoms with Crippen LogP contribution in [0.2, 0.25) is 0 Å². The van der Waals surface area contributed by atoms with Crippen LogP contribution < -0.4 is 5.73 Å². The maximum absolute atomic E-state index is 11.5. The highest BCUT2D eigenvalue weighted by Crippen LogP contribution is 2.30. The van der Waals surface area contributed by atoms with Gasteiger partial charge in [-0.25, -0.2) is 4.79 Å². The summed E-state index contributed by atoms with van der Waals surface area (Å²) in [5.74, 6) is 0.0614. The minimum absolute atomic E-state index is 0.00224. The average Bonchev–Trinajstić information content (AvgIpc) is 2.86. The normalized spacial score (nSPS) is 18.8. The van der Waals surface area contributed by atoms with Gasteiger partial charge in [0.15, 0.2) is 0 Å². The van der Waals surface area contributed by atoms with E-state index in [4.69, 9.17) is 10.5 Å². The van der Waals surface area contributed by atoms with Gasteiger partial charge >= 0.3 is 6.09 Å². The number of rotatable bonds is 17. The van der Waals surface area contributed by atoms with Crippen LogP contribution in [0.25, 0.3) is 0 Å². The molecule has 8 atom stereocenters. The number of aromatic hydroxyl groups is 1. The monoisotopic (exact) mass is 531 g/mol. The molecule has 6 nitrogen and oxygen atoms in total. The van der Waals surface area contributed by atoms with E-state index in [1.54, 1.807) is 12.1 Å². The highest BCUT2D eigenvalue weighted by atomic mass is 16.6. The first-order valence-corrected chi connectivity index (χ1v) is 14.3. The Morgan fingerprint density at radius 1 is 1.05 bits per heavy atom. The molecule has 0 aromatic heterocycles. The molecule has 1 amide bonds. The Hall–Kier alpha value is -2.31. The predicted molar refractivity (Wildman–Crippen MR) is 156 cm³/mol.